The maximum atomic E-state index is 11.9. The summed E-state index contributed by atoms with van der Waals surface area (Å²) >= 11 is 0. The van der Waals surface area contributed by atoms with Crippen molar-refractivity contribution in [2.45, 2.75) is 38.4 Å². The van der Waals surface area contributed by atoms with Crippen molar-refractivity contribution in [3.05, 3.63) is 48.0 Å². The maximum absolute atomic E-state index is 11.9. The standard InChI is InChI=1S/C18H25NO2/c1-18(2,15-10-6-5-7-11-15)21-16-12-8-9-14(16)13-17(20)19(3)4/h5-11,14,16H,12-13H2,1-4H3/t14-,16-/m0/s1. The second kappa shape index (κ2) is 6.44. The second-order valence-corrected chi connectivity index (χ2v) is 6.35. The fourth-order valence-electron chi connectivity index (χ4n) is 2.69. The van der Waals surface area contributed by atoms with Gasteiger partial charge in [-0.3, -0.25) is 4.79 Å². The van der Waals surface area contributed by atoms with Crippen molar-refractivity contribution >= 4 is 5.91 Å². The van der Waals surface area contributed by atoms with E-state index in [9.17, 15) is 4.79 Å². The van der Waals surface area contributed by atoms with E-state index in [0.29, 0.717) is 6.42 Å². The predicted molar refractivity (Wildman–Crippen MR) is 84.9 cm³/mol. The van der Waals surface area contributed by atoms with E-state index in [1.807, 2.05) is 18.2 Å². The number of hydrogen-bond donors (Lipinski definition) is 0. The number of amides is 1. The predicted octanol–water partition coefficient (Wildman–Crippen LogP) is 3.36. The summed E-state index contributed by atoms with van der Waals surface area (Å²) in [5.41, 5.74) is 0.812. The highest BCUT2D eigenvalue weighted by Crippen LogP contribution is 2.33. The zero-order chi connectivity index (χ0) is 15.5. The number of carbonyl (C=O) groups excluding carboxylic acids is 1. The molecule has 21 heavy (non-hydrogen) atoms. The van der Waals surface area contributed by atoms with E-state index in [-0.39, 0.29) is 23.5 Å². The Balaban J connectivity index is 2.03. The van der Waals surface area contributed by atoms with Crippen LogP contribution < -0.4 is 0 Å². The Labute approximate surface area is 127 Å². The van der Waals surface area contributed by atoms with Gasteiger partial charge in [-0.2, -0.15) is 0 Å². The minimum absolute atomic E-state index is 0.0732. The van der Waals surface area contributed by atoms with Crippen molar-refractivity contribution in [2.24, 2.45) is 5.92 Å². The monoisotopic (exact) mass is 287 g/mol. The molecule has 3 nitrogen and oxygen atoms in total. The molecule has 2 rings (SSSR count). The molecule has 0 aliphatic heterocycles. The van der Waals surface area contributed by atoms with Crippen LogP contribution in [0.25, 0.3) is 0 Å². The molecule has 3 heteroatoms. The molecular weight excluding hydrogens is 262 g/mol. The van der Waals surface area contributed by atoms with Gasteiger partial charge in [-0.05, 0) is 25.8 Å². The van der Waals surface area contributed by atoms with Crippen LogP contribution in [0.5, 0.6) is 0 Å². The van der Waals surface area contributed by atoms with Crippen LogP contribution in [0.3, 0.4) is 0 Å². The summed E-state index contributed by atoms with van der Waals surface area (Å²) in [5, 5.41) is 0. The van der Waals surface area contributed by atoms with Crippen LogP contribution in [0.15, 0.2) is 42.5 Å². The molecule has 0 heterocycles. The Bertz CT molecular complexity index is 505. The van der Waals surface area contributed by atoms with E-state index in [1.54, 1.807) is 19.0 Å². The fourth-order valence-corrected chi connectivity index (χ4v) is 2.69. The van der Waals surface area contributed by atoms with Gasteiger partial charge in [0.05, 0.1) is 11.7 Å². The highest BCUT2D eigenvalue weighted by molar-refractivity contribution is 5.76. The zero-order valence-corrected chi connectivity index (χ0v) is 13.4. The van der Waals surface area contributed by atoms with Gasteiger partial charge in [0.1, 0.15) is 0 Å². The summed E-state index contributed by atoms with van der Waals surface area (Å²) in [7, 11) is 3.59. The zero-order valence-electron chi connectivity index (χ0n) is 13.4. The minimum atomic E-state index is -0.350. The van der Waals surface area contributed by atoms with Gasteiger partial charge < -0.3 is 9.64 Å². The summed E-state index contributed by atoms with van der Waals surface area (Å²) in [6, 6.07) is 10.2. The van der Waals surface area contributed by atoms with E-state index < -0.39 is 0 Å². The van der Waals surface area contributed by atoms with E-state index in [2.05, 4.69) is 38.1 Å². The van der Waals surface area contributed by atoms with Crippen LogP contribution in [0.2, 0.25) is 0 Å². The third-order valence-corrected chi connectivity index (χ3v) is 4.05. The van der Waals surface area contributed by atoms with E-state index in [0.717, 1.165) is 12.0 Å². The highest BCUT2D eigenvalue weighted by Gasteiger charge is 2.32. The molecule has 0 unspecified atom stereocenters. The first-order valence-corrected chi connectivity index (χ1v) is 7.50. The van der Waals surface area contributed by atoms with Gasteiger partial charge in [-0.15, -0.1) is 0 Å². The Morgan fingerprint density at radius 2 is 1.95 bits per heavy atom. The number of rotatable bonds is 5. The minimum Gasteiger partial charge on any atom is -0.367 e. The normalized spacial score (nSPS) is 21.5. The Morgan fingerprint density at radius 1 is 1.29 bits per heavy atom. The van der Waals surface area contributed by atoms with Crippen LogP contribution in [-0.2, 0) is 15.1 Å². The van der Waals surface area contributed by atoms with Crippen molar-refractivity contribution in [3.63, 3.8) is 0 Å². The molecule has 0 saturated heterocycles. The average Bonchev–Trinajstić information content (AvgIpc) is 2.86. The molecule has 0 fully saturated rings. The molecule has 1 aliphatic rings. The molecule has 1 amide bonds. The first kappa shape index (κ1) is 15.8. The van der Waals surface area contributed by atoms with Gasteiger partial charge in [-0.1, -0.05) is 42.5 Å². The summed E-state index contributed by atoms with van der Waals surface area (Å²) in [5.74, 6) is 0.320. The van der Waals surface area contributed by atoms with E-state index in [4.69, 9.17) is 4.74 Å². The molecule has 2 atom stereocenters. The van der Waals surface area contributed by atoms with Crippen LogP contribution in [-0.4, -0.2) is 31.0 Å². The van der Waals surface area contributed by atoms with Crippen molar-refractivity contribution < 1.29 is 9.53 Å². The van der Waals surface area contributed by atoms with Gasteiger partial charge >= 0.3 is 0 Å². The number of ether oxygens (including phenoxy) is 1. The molecule has 0 radical (unpaired) electrons. The lowest BCUT2D eigenvalue weighted by molar-refractivity contribution is -0.132. The summed E-state index contributed by atoms with van der Waals surface area (Å²) < 4.78 is 6.34. The van der Waals surface area contributed by atoms with Crippen molar-refractivity contribution in [3.8, 4) is 0 Å². The lowest BCUT2D eigenvalue weighted by atomic mass is 9.95. The quantitative estimate of drug-likeness (QED) is 0.777. The molecule has 1 aromatic rings. The lowest BCUT2D eigenvalue weighted by Crippen LogP contribution is -2.33. The first-order chi connectivity index (χ1) is 9.90. The number of nitrogens with zero attached hydrogens (tertiary/aromatic N) is 1. The fraction of sp³-hybridized carbons (Fsp3) is 0.500. The van der Waals surface area contributed by atoms with Crippen LogP contribution in [0, 0.1) is 5.92 Å². The SMILES string of the molecule is CN(C)C(=O)C[C@@H]1C=CC[C@@H]1OC(C)(C)c1ccccc1. The van der Waals surface area contributed by atoms with Gasteiger partial charge in [-0.25, -0.2) is 0 Å². The van der Waals surface area contributed by atoms with Crippen LogP contribution in [0.1, 0.15) is 32.3 Å². The van der Waals surface area contributed by atoms with Gasteiger partial charge in [0.25, 0.3) is 0 Å². The summed E-state index contributed by atoms with van der Waals surface area (Å²) in [4.78, 5) is 13.6. The van der Waals surface area contributed by atoms with Crippen LogP contribution >= 0.6 is 0 Å². The Morgan fingerprint density at radius 3 is 2.57 bits per heavy atom. The van der Waals surface area contributed by atoms with E-state index >= 15 is 0 Å². The molecule has 0 N–H and O–H groups in total. The van der Waals surface area contributed by atoms with Gasteiger partial charge in [0, 0.05) is 26.4 Å². The molecule has 114 valence electrons. The van der Waals surface area contributed by atoms with Crippen molar-refractivity contribution in [1.82, 2.24) is 4.90 Å². The second-order valence-electron chi connectivity index (χ2n) is 6.35. The summed E-state index contributed by atoms with van der Waals surface area (Å²) in [6.45, 7) is 4.18. The third kappa shape index (κ3) is 3.94. The van der Waals surface area contributed by atoms with Crippen molar-refractivity contribution in [2.75, 3.05) is 14.1 Å². The molecule has 1 aliphatic carbocycles. The Hall–Kier alpha value is -1.61. The first-order valence-electron chi connectivity index (χ1n) is 7.50. The molecule has 0 aromatic heterocycles. The van der Waals surface area contributed by atoms with Gasteiger partial charge in [0.15, 0.2) is 0 Å². The smallest absolute Gasteiger partial charge is 0.222 e. The topological polar surface area (TPSA) is 29.5 Å². The summed E-state index contributed by atoms with van der Waals surface area (Å²) in [6.07, 6.45) is 5.71. The number of benzene rings is 1. The molecule has 0 saturated carbocycles. The molecule has 1 aromatic carbocycles. The lowest BCUT2D eigenvalue weighted by Gasteiger charge is -2.32. The largest absolute Gasteiger partial charge is 0.367 e. The molecular formula is C18H25NO2. The van der Waals surface area contributed by atoms with Crippen LogP contribution in [0.4, 0.5) is 0 Å². The maximum Gasteiger partial charge on any atom is 0.222 e. The number of carbonyl (C=O) groups is 1. The average molecular weight is 287 g/mol. The number of hydrogen-bond acceptors (Lipinski definition) is 2. The molecule has 0 spiro atoms. The molecule has 0 bridgehead atoms. The van der Waals surface area contributed by atoms with Gasteiger partial charge in [0.2, 0.25) is 5.91 Å². The van der Waals surface area contributed by atoms with E-state index in [1.165, 1.54) is 0 Å². The Kier molecular flexibility index (Phi) is 4.84. The third-order valence-electron chi connectivity index (χ3n) is 4.05. The highest BCUT2D eigenvalue weighted by atomic mass is 16.5. The van der Waals surface area contributed by atoms with Crippen molar-refractivity contribution in [1.29, 1.82) is 0 Å².